The molecule has 0 saturated carbocycles. The lowest BCUT2D eigenvalue weighted by atomic mass is 10.1. The number of hydrogen-bond acceptors (Lipinski definition) is 4. The second-order valence-corrected chi connectivity index (χ2v) is 4.60. The Kier molecular flexibility index (Phi) is 3.57. The van der Waals surface area contributed by atoms with Gasteiger partial charge in [0.05, 0.1) is 18.4 Å². The largest absolute Gasteiger partial charge is 0.497 e. The molecule has 110 valence electrons. The van der Waals surface area contributed by atoms with Gasteiger partial charge >= 0.3 is 5.97 Å². The van der Waals surface area contributed by atoms with Crippen LogP contribution in [-0.2, 0) is 0 Å². The van der Waals surface area contributed by atoms with Crippen LogP contribution in [0.15, 0.2) is 54.9 Å². The van der Waals surface area contributed by atoms with Crippen LogP contribution in [0.2, 0.25) is 0 Å². The van der Waals surface area contributed by atoms with Crippen LogP contribution < -0.4 is 4.74 Å². The molecule has 0 amide bonds. The zero-order chi connectivity index (χ0) is 15.5. The smallest absolute Gasteiger partial charge is 0.335 e. The molecule has 6 heteroatoms. The molecule has 0 atom stereocenters. The first-order valence-electron chi connectivity index (χ1n) is 6.57. The molecule has 1 N–H and O–H groups in total. The number of hydrogen-bond donors (Lipinski definition) is 1. The Bertz CT molecular complexity index is 810. The summed E-state index contributed by atoms with van der Waals surface area (Å²) >= 11 is 0. The van der Waals surface area contributed by atoms with Crippen molar-refractivity contribution in [1.29, 1.82) is 0 Å². The number of nitrogens with zero attached hydrogens (tertiary/aromatic N) is 3. The van der Waals surface area contributed by atoms with E-state index >= 15 is 0 Å². The molecule has 0 aliphatic rings. The maximum atomic E-state index is 11.0. The predicted molar refractivity (Wildman–Crippen MR) is 80.3 cm³/mol. The second-order valence-electron chi connectivity index (χ2n) is 4.60. The fourth-order valence-corrected chi connectivity index (χ4v) is 2.05. The van der Waals surface area contributed by atoms with Gasteiger partial charge in [0.15, 0.2) is 5.82 Å². The SMILES string of the molecule is COc1ccc(-n2cnc(-c3cccc(C(=O)O)c3)n2)cc1. The quantitative estimate of drug-likeness (QED) is 0.800. The molecular weight excluding hydrogens is 282 g/mol. The fraction of sp³-hybridized carbons (Fsp3) is 0.0625. The highest BCUT2D eigenvalue weighted by atomic mass is 16.5. The van der Waals surface area contributed by atoms with Gasteiger partial charge in [-0.05, 0) is 36.4 Å². The minimum atomic E-state index is -0.976. The molecule has 0 fully saturated rings. The Morgan fingerprint density at radius 3 is 2.64 bits per heavy atom. The molecule has 2 aromatic carbocycles. The number of aromatic nitrogens is 3. The highest BCUT2D eigenvalue weighted by Gasteiger charge is 2.09. The van der Waals surface area contributed by atoms with Gasteiger partial charge in [-0.1, -0.05) is 12.1 Å². The summed E-state index contributed by atoms with van der Waals surface area (Å²) < 4.78 is 6.74. The summed E-state index contributed by atoms with van der Waals surface area (Å²) in [6, 6.07) is 13.9. The van der Waals surface area contributed by atoms with Crippen molar-refractivity contribution in [2.24, 2.45) is 0 Å². The molecule has 1 aromatic heterocycles. The third kappa shape index (κ3) is 2.67. The Hall–Kier alpha value is -3.15. The highest BCUT2D eigenvalue weighted by molar-refractivity contribution is 5.89. The molecule has 3 rings (SSSR count). The molecule has 3 aromatic rings. The number of rotatable bonds is 4. The number of carboxylic acids is 1. The van der Waals surface area contributed by atoms with Crippen LogP contribution in [0.1, 0.15) is 10.4 Å². The first kappa shape index (κ1) is 13.8. The summed E-state index contributed by atoms with van der Waals surface area (Å²) in [5.74, 6) is 0.258. The van der Waals surface area contributed by atoms with Crippen LogP contribution >= 0.6 is 0 Å². The van der Waals surface area contributed by atoms with Gasteiger partial charge in [0.1, 0.15) is 12.1 Å². The number of carboxylic acid groups (broad SMARTS) is 1. The van der Waals surface area contributed by atoms with Crippen molar-refractivity contribution < 1.29 is 14.6 Å². The van der Waals surface area contributed by atoms with E-state index in [0.717, 1.165) is 11.4 Å². The molecule has 1 heterocycles. The van der Waals surface area contributed by atoms with Gasteiger partial charge in [-0.3, -0.25) is 0 Å². The lowest BCUT2D eigenvalue weighted by Crippen LogP contribution is -1.97. The molecule has 0 aliphatic heterocycles. The number of ether oxygens (including phenoxy) is 1. The van der Waals surface area contributed by atoms with E-state index in [4.69, 9.17) is 9.84 Å². The van der Waals surface area contributed by atoms with E-state index < -0.39 is 5.97 Å². The van der Waals surface area contributed by atoms with Gasteiger partial charge in [-0.25, -0.2) is 14.5 Å². The van der Waals surface area contributed by atoms with Gasteiger partial charge in [-0.2, -0.15) is 0 Å². The third-order valence-electron chi connectivity index (χ3n) is 3.20. The molecule has 0 spiro atoms. The summed E-state index contributed by atoms with van der Waals surface area (Å²) in [6.45, 7) is 0. The van der Waals surface area contributed by atoms with Crippen LogP contribution in [0, 0.1) is 0 Å². The van der Waals surface area contributed by atoms with Crippen LogP contribution in [-0.4, -0.2) is 33.0 Å². The molecule has 6 nitrogen and oxygen atoms in total. The molecular formula is C16H13N3O3. The Morgan fingerprint density at radius 1 is 1.18 bits per heavy atom. The highest BCUT2D eigenvalue weighted by Crippen LogP contribution is 2.19. The van der Waals surface area contributed by atoms with Crippen molar-refractivity contribution in [2.45, 2.75) is 0 Å². The first-order valence-corrected chi connectivity index (χ1v) is 6.57. The van der Waals surface area contributed by atoms with Crippen LogP contribution in [0.5, 0.6) is 5.75 Å². The van der Waals surface area contributed by atoms with Crippen molar-refractivity contribution in [3.05, 3.63) is 60.4 Å². The summed E-state index contributed by atoms with van der Waals surface area (Å²) in [5, 5.41) is 13.4. The van der Waals surface area contributed by atoms with Gasteiger partial charge in [0.2, 0.25) is 0 Å². The van der Waals surface area contributed by atoms with E-state index in [1.165, 1.54) is 6.07 Å². The Balaban J connectivity index is 1.93. The maximum absolute atomic E-state index is 11.0. The standard InChI is InChI=1S/C16H13N3O3/c1-22-14-7-5-13(6-8-14)19-10-17-15(18-19)11-3-2-4-12(9-11)16(20)21/h2-10H,1H3,(H,20,21). The average Bonchev–Trinajstić information content (AvgIpc) is 3.05. The van der Waals surface area contributed by atoms with E-state index in [2.05, 4.69) is 10.1 Å². The fourth-order valence-electron chi connectivity index (χ4n) is 2.05. The van der Waals surface area contributed by atoms with Gasteiger partial charge in [-0.15, -0.1) is 5.10 Å². The molecule has 0 saturated heterocycles. The number of aromatic carboxylic acids is 1. The molecule has 0 unspecified atom stereocenters. The van der Waals surface area contributed by atoms with Crippen molar-refractivity contribution in [3.8, 4) is 22.8 Å². The van der Waals surface area contributed by atoms with E-state index in [9.17, 15) is 4.79 Å². The zero-order valence-electron chi connectivity index (χ0n) is 11.8. The number of methoxy groups -OCH3 is 1. The van der Waals surface area contributed by atoms with Crippen LogP contribution in [0.4, 0.5) is 0 Å². The monoisotopic (exact) mass is 295 g/mol. The van der Waals surface area contributed by atoms with Crippen molar-refractivity contribution >= 4 is 5.97 Å². The minimum Gasteiger partial charge on any atom is -0.497 e. The van der Waals surface area contributed by atoms with Gasteiger partial charge < -0.3 is 9.84 Å². The summed E-state index contributed by atoms with van der Waals surface area (Å²) in [4.78, 5) is 15.2. The topological polar surface area (TPSA) is 77.2 Å². The lowest BCUT2D eigenvalue weighted by Gasteiger charge is -2.02. The van der Waals surface area contributed by atoms with E-state index in [-0.39, 0.29) is 5.56 Å². The zero-order valence-corrected chi connectivity index (χ0v) is 11.8. The van der Waals surface area contributed by atoms with Crippen molar-refractivity contribution in [3.63, 3.8) is 0 Å². The summed E-state index contributed by atoms with van der Waals surface area (Å²) in [5.41, 5.74) is 1.71. The van der Waals surface area contributed by atoms with Crippen molar-refractivity contribution in [1.82, 2.24) is 14.8 Å². The third-order valence-corrected chi connectivity index (χ3v) is 3.20. The van der Waals surface area contributed by atoms with E-state index in [1.54, 1.807) is 36.3 Å². The van der Waals surface area contributed by atoms with Gasteiger partial charge in [0, 0.05) is 5.56 Å². The number of carbonyl (C=O) groups is 1. The van der Waals surface area contributed by atoms with Gasteiger partial charge in [0.25, 0.3) is 0 Å². The van der Waals surface area contributed by atoms with E-state index in [1.807, 2.05) is 24.3 Å². The van der Waals surface area contributed by atoms with Crippen molar-refractivity contribution in [2.75, 3.05) is 7.11 Å². The summed E-state index contributed by atoms with van der Waals surface area (Å²) in [7, 11) is 1.61. The maximum Gasteiger partial charge on any atom is 0.335 e. The molecule has 0 bridgehead atoms. The molecule has 0 radical (unpaired) electrons. The minimum absolute atomic E-state index is 0.207. The normalized spacial score (nSPS) is 10.4. The average molecular weight is 295 g/mol. The van der Waals surface area contributed by atoms with E-state index in [0.29, 0.717) is 11.4 Å². The Labute approximate surface area is 126 Å². The summed E-state index contributed by atoms with van der Waals surface area (Å²) in [6.07, 6.45) is 1.59. The first-order chi connectivity index (χ1) is 10.7. The number of benzene rings is 2. The van der Waals surface area contributed by atoms with Crippen LogP contribution in [0.25, 0.3) is 17.1 Å². The van der Waals surface area contributed by atoms with Crippen LogP contribution in [0.3, 0.4) is 0 Å². The lowest BCUT2D eigenvalue weighted by molar-refractivity contribution is 0.0697. The molecule has 0 aliphatic carbocycles. The second kappa shape index (κ2) is 5.69. The predicted octanol–water partition coefficient (Wildman–Crippen LogP) is 2.64. The molecule has 22 heavy (non-hydrogen) atoms. The Morgan fingerprint density at radius 2 is 1.95 bits per heavy atom.